The van der Waals surface area contributed by atoms with E-state index in [0.717, 1.165) is 39.4 Å². The van der Waals surface area contributed by atoms with E-state index in [9.17, 15) is 0 Å². The van der Waals surface area contributed by atoms with Crippen molar-refractivity contribution < 1.29 is 6.16 Å². The van der Waals surface area contributed by atoms with Crippen molar-refractivity contribution in [1.82, 2.24) is 10.2 Å². The van der Waals surface area contributed by atoms with Crippen molar-refractivity contribution in [2.75, 3.05) is 39.4 Å². The summed E-state index contributed by atoms with van der Waals surface area (Å²) < 4.78 is 5.38. The molecular formula is C11H26N2O. The molecule has 0 aliphatic carbocycles. The Hall–Kier alpha value is -0.120. The maximum atomic E-state index is 5.38. The third kappa shape index (κ3) is 2.94. The van der Waals surface area contributed by atoms with Gasteiger partial charge in [0.15, 0.2) is 0 Å². The van der Waals surface area contributed by atoms with Crippen LogP contribution >= 0.6 is 0 Å². The standard InChI is InChI=1S/C11H24N2O.H2/c1-4-11(3,10-12-5-2)13-6-8-14-9-7-13;/h12H,4-10H2,1-3H3;1H. The zero-order valence-corrected chi connectivity index (χ0v) is 9.81. The highest BCUT2D eigenvalue weighted by Gasteiger charge is 2.30. The fraction of sp³-hybridized carbons (Fsp3) is 1.00. The minimum absolute atomic E-state index is 0. The molecule has 3 heteroatoms. The highest BCUT2D eigenvalue weighted by atomic mass is 16.5. The first-order valence-corrected chi connectivity index (χ1v) is 5.76. The molecule has 1 N–H and O–H groups in total. The van der Waals surface area contributed by atoms with Crippen molar-refractivity contribution in [3.05, 3.63) is 0 Å². The van der Waals surface area contributed by atoms with Gasteiger partial charge in [-0.05, 0) is 19.9 Å². The van der Waals surface area contributed by atoms with E-state index in [0.29, 0.717) is 5.54 Å². The molecule has 1 fully saturated rings. The summed E-state index contributed by atoms with van der Waals surface area (Å²) in [5.41, 5.74) is 0.305. The molecule has 1 aliphatic rings. The summed E-state index contributed by atoms with van der Waals surface area (Å²) >= 11 is 0. The largest absolute Gasteiger partial charge is 0.379 e. The Morgan fingerprint density at radius 3 is 2.50 bits per heavy atom. The molecule has 0 aromatic rings. The van der Waals surface area contributed by atoms with E-state index >= 15 is 0 Å². The van der Waals surface area contributed by atoms with E-state index in [-0.39, 0.29) is 1.43 Å². The summed E-state index contributed by atoms with van der Waals surface area (Å²) in [6.07, 6.45) is 1.19. The molecule has 86 valence electrons. The van der Waals surface area contributed by atoms with Crippen molar-refractivity contribution in [2.24, 2.45) is 0 Å². The quantitative estimate of drug-likeness (QED) is 0.728. The summed E-state index contributed by atoms with van der Waals surface area (Å²) in [4.78, 5) is 2.55. The van der Waals surface area contributed by atoms with Crippen LogP contribution in [0, 0.1) is 0 Å². The molecule has 0 saturated carbocycles. The number of rotatable bonds is 5. The minimum Gasteiger partial charge on any atom is -0.379 e. The molecule has 0 radical (unpaired) electrons. The number of nitrogens with zero attached hydrogens (tertiary/aromatic N) is 1. The van der Waals surface area contributed by atoms with Gasteiger partial charge >= 0.3 is 0 Å². The normalized spacial score (nSPS) is 23.4. The van der Waals surface area contributed by atoms with Gasteiger partial charge in [0.2, 0.25) is 0 Å². The second-order valence-corrected chi connectivity index (χ2v) is 4.23. The van der Waals surface area contributed by atoms with Gasteiger partial charge in [-0.2, -0.15) is 0 Å². The Balaban J connectivity index is 0.00000196. The number of ether oxygens (including phenoxy) is 1. The maximum absolute atomic E-state index is 5.38. The fourth-order valence-electron chi connectivity index (χ4n) is 1.96. The van der Waals surface area contributed by atoms with Crippen molar-refractivity contribution in [2.45, 2.75) is 32.7 Å². The predicted molar refractivity (Wildman–Crippen MR) is 61.7 cm³/mol. The lowest BCUT2D eigenvalue weighted by Crippen LogP contribution is -2.56. The van der Waals surface area contributed by atoms with Crippen molar-refractivity contribution in [3.8, 4) is 0 Å². The van der Waals surface area contributed by atoms with E-state index in [1.165, 1.54) is 6.42 Å². The average Bonchev–Trinajstić information content (AvgIpc) is 2.27. The molecule has 1 aliphatic heterocycles. The summed E-state index contributed by atoms with van der Waals surface area (Å²) in [5, 5.41) is 3.45. The molecule has 0 bridgehead atoms. The van der Waals surface area contributed by atoms with Crippen molar-refractivity contribution in [1.29, 1.82) is 0 Å². The SMILES string of the molecule is CCNCC(C)(CC)N1CCOCC1.[HH]. The zero-order chi connectivity index (χ0) is 10.4. The lowest BCUT2D eigenvalue weighted by molar-refractivity contribution is -0.0172. The van der Waals surface area contributed by atoms with Crippen molar-refractivity contribution >= 4 is 0 Å². The van der Waals surface area contributed by atoms with Crippen LogP contribution in [0.2, 0.25) is 0 Å². The number of nitrogens with one attached hydrogen (secondary N) is 1. The van der Waals surface area contributed by atoms with Crippen molar-refractivity contribution in [3.63, 3.8) is 0 Å². The molecule has 1 heterocycles. The van der Waals surface area contributed by atoms with Gasteiger partial charge in [-0.1, -0.05) is 13.8 Å². The molecule has 0 aromatic heterocycles. The van der Waals surface area contributed by atoms with Gasteiger partial charge in [0.1, 0.15) is 0 Å². The second-order valence-electron chi connectivity index (χ2n) is 4.23. The highest BCUT2D eigenvalue weighted by molar-refractivity contribution is 4.88. The van der Waals surface area contributed by atoms with Gasteiger partial charge in [0, 0.05) is 26.6 Å². The van der Waals surface area contributed by atoms with Crippen LogP contribution in [-0.4, -0.2) is 49.8 Å². The van der Waals surface area contributed by atoms with Gasteiger partial charge in [-0.3, -0.25) is 4.90 Å². The van der Waals surface area contributed by atoms with E-state index < -0.39 is 0 Å². The van der Waals surface area contributed by atoms with Crippen LogP contribution in [0.3, 0.4) is 0 Å². The number of hydrogen-bond acceptors (Lipinski definition) is 3. The molecule has 1 rings (SSSR count). The second kappa shape index (κ2) is 5.69. The van der Waals surface area contributed by atoms with Gasteiger partial charge in [-0.25, -0.2) is 0 Å². The molecule has 14 heavy (non-hydrogen) atoms. The first-order valence-electron chi connectivity index (χ1n) is 5.76. The Kier molecular flexibility index (Phi) is 4.85. The summed E-state index contributed by atoms with van der Waals surface area (Å²) in [6.45, 7) is 12.9. The number of hydrogen-bond donors (Lipinski definition) is 1. The molecule has 3 nitrogen and oxygen atoms in total. The van der Waals surface area contributed by atoms with Crippen LogP contribution in [0.5, 0.6) is 0 Å². The van der Waals surface area contributed by atoms with Crippen LogP contribution in [0.4, 0.5) is 0 Å². The number of likely N-dealkylation sites (N-methyl/N-ethyl adjacent to an activating group) is 1. The predicted octanol–water partition coefficient (Wildman–Crippen LogP) is 1.34. The smallest absolute Gasteiger partial charge is 0.0594 e. The first-order chi connectivity index (χ1) is 6.73. The number of morpholine rings is 1. The van der Waals surface area contributed by atoms with Crippen LogP contribution in [0.25, 0.3) is 0 Å². The summed E-state index contributed by atoms with van der Waals surface area (Å²) in [5.74, 6) is 0. The van der Waals surface area contributed by atoms with Crippen LogP contribution in [-0.2, 0) is 4.74 Å². The Bertz CT molecular complexity index is 163. The zero-order valence-electron chi connectivity index (χ0n) is 9.81. The molecule has 1 atom stereocenters. The third-order valence-electron chi connectivity index (χ3n) is 3.29. The monoisotopic (exact) mass is 202 g/mol. The van der Waals surface area contributed by atoms with Gasteiger partial charge < -0.3 is 10.1 Å². The highest BCUT2D eigenvalue weighted by Crippen LogP contribution is 2.19. The molecule has 0 spiro atoms. The molecular weight excluding hydrogens is 176 g/mol. The lowest BCUT2D eigenvalue weighted by Gasteiger charge is -2.43. The van der Waals surface area contributed by atoms with E-state index in [4.69, 9.17) is 4.74 Å². The Morgan fingerprint density at radius 2 is 2.00 bits per heavy atom. The molecule has 1 saturated heterocycles. The lowest BCUT2D eigenvalue weighted by atomic mass is 9.95. The minimum atomic E-state index is 0. The maximum Gasteiger partial charge on any atom is 0.0594 e. The van der Waals surface area contributed by atoms with Gasteiger partial charge in [0.05, 0.1) is 13.2 Å². The van der Waals surface area contributed by atoms with Crippen LogP contribution in [0.1, 0.15) is 28.6 Å². The Labute approximate surface area is 89.3 Å². The van der Waals surface area contributed by atoms with Gasteiger partial charge in [0.25, 0.3) is 0 Å². The van der Waals surface area contributed by atoms with E-state index in [1.54, 1.807) is 0 Å². The summed E-state index contributed by atoms with van der Waals surface area (Å²) in [6, 6.07) is 0. The van der Waals surface area contributed by atoms with Gasteiger partial charge in [-0.15, -0.1) is 0 Å². The fourth-order valence-corrected chi connectivity index (χ4v) is 1.96. The average molecular weight is 202 g/mol. The third-order valence-corrected chi connectivity index (χ3v) is 3.29. The molecule has 0 amide bonds. The summed E-state index contributed by atoms with van der Waals surface area (Å²) in [7, 11) is 0. The van der Waals surface area contributed by atoms with E-state index in [2.05, 4.69) is 31.0 Å². The first kappa shape index (κ1) is 12.0. The molecule has 1 unspecified atom stereocenters. The van der Waals surface area contributed by atoms with E-state index in [1.807, 2.05) is 0 Å². The van der Waals surface area contributed by atoms with Crippen LogP contribution in [0.15, 0.2) is 0 Å². The van der Waals surface area contributed by atoms with Crippen LogP contribution < -0.4 is 5.32 Å². The molecule has 0 aromatic carbocycles. The topological polar surface area (TPSA) is 24.5 Å². The Morgan fingerprint density at radius 1 is 1.36 bits per heavy atom.